The normalized spacial score (nSPS) is 13.2. The van der Waals surface area contributed by atoms with Crippen molar-refractivity contribution in [2.45, 2.75) is 20.8 Å². The first-order valence-electron chi connectivity index (χ1n) is 5.87. The number of rotatable bonds is 7. The van der Waals surface area contributed by atoms with Gasteiger partial charge in [-0.1, -0.05) is 19.1 Å². The lowest BCUT2D eigenvalue weighted by atomic mass is 10.4. The highest BCUT2D eigenvalue weighted by Gasteiger charge is 2.02. The van der Waals surface area contributed by atoms with Gasteiger partial charge < -0.3 is 9.80 Å². The molecule has 0 aliphatic rings. The van der Waals surface area contributed by atoms with Crippen molar-refractivity contribution in [1.82, 2.24) is 9.80 Å². The van der Waals surface area contributed by atoms with Gasteiger partial charge in [-0.2, -0.15) is 0 Å². The number of hydrogen-bond donors (Lipinski definition) is 0. The summed E-state index contributed by atoms with van der Waals surface area (Å²) in [5.41, 5.74) is 0. The monoisotopic (exact) mass is 223 g/mol. The first-order valence-corrected chi connectivity index (χ1v) is 5.87. The molecule has 16 heavy (non-hydrogen) atoms. The molecule has 0 bridgehead atoms. The lowest BCUT2D eigenvalue weighted by Crippen LogP contribution is -2.30. The van der Waals surface area contributed by atoms with E-state index >= 15 is 0 Å². The van der Waals surface area contributed by atoms with Gasteiger partial charge in [0, 0.05) is 26.4 Å². The summed E-state index contributed by atoms with van der Waals surface area (Å²) in [6.45, 7) is 9.24. The van der Waals surface area contributed by atoms with Gasteiger partial charge in [0.15, 0.2) is 0 Å². The van der Waals surface area contributed by atoms with E-state index in [-0.39, 0.29) is 0 Å². The van der Waals surface area contributed by atoms with Crippen LogP contribution in [0.2, 0.25) is 0 Å². The summed E-state index contributed by atoms with van der Waals surface area (Å²) < 4.78 is 0. The third-order valence-electron chi connectivity index (χ3n) is 2.45. The van der Waals surface area contributed by atoms with E-state index in [1.54, 1.807) is 0 Å². The van der Waals surface area contributed by atoms with Crippen LogP contribution in [0.1, 0.15) is 20.8 Å². The molecule has 0 rings (SSSR count). The largest absolute Gasteiger partial charge is 0.358 e. The van der Waals surface area contributed by atoms with Crippen LogP contribution in [0.4, 0.5) is 0 Å². The maximum absolute atomic E-state index is 4.36. The molecular formula is C13H25N3. The standard InChI is InChI=1S/C13H25N3/c1-6-9-10-13(14-7-2)16(5)12-11-15(4)8-3/h6-7,9-10H,8,11-12H2,1-5H3/b9-6?,13-10+,14-7?. The highest BCUT2D eigenvalue weighted by molar-refractivity contribution is 5.55. The van der Waals surface area contributed by atoms with Gasteiger partial charge in [-0.3, -0.25) is 0 Å². The molecule has 0 heterocycles. The highest BCUT2D eigenvalue weighted by Crippen LogP contribution is 2.03. The number of aliphatic imine (C=N–C) groups is 1. The first kappa shape index (κ1) is 14.9. The fourth-order valence-electron chi connectivity index (χ4n) is 1.18. The summed E-state index contributed by atoms with van der Waals surface area (Å²) in [6.07, 6.45) is 7.89. The van der Waals surface area contributed by atoms with E-state index in [4.69, 9.17) is 0 Å². The molecule has 0 saturated heterocycles. The molecule has 0 aromatic carbocycles. The van der Waals surface area contributed by atoms with Crippen molar-refractivity contribution in [2.24, 2.45) is 4.99 Å². The number of likely N-dealkylation sites (N-methyl/N-ethyl adjacent to an activating group) is 2. The van der Waals surface area contributed by atoms with Gasteiger partial charge >= 0.3 is 0 Å². The van der Waals surface area contributed by atoms with Gasteiger partial charge in [-0.15, -0.1) is 0 Å². The van der Waals surface area contributed by atoms with E-state index in [9.17, 15) is 0 Å². The van der Waals surface area contributed by atoms with Gasteiger partial charge in [0.25, 0.3) is 0 Å². The van der Waals surface area contributed by atoms with Crippen LogP contribution in [0, 0.1) is 0 Å². The maximum atomic E-state index is 4.36. The van der Waals surface area contributed by atoms with Crippen LogP contribution in [0.3, 0.4) is 0 Å². The van der Waals surface area contributed by atoms with E-state index in [2.05, 4.69) is 35.8 Å². The van der Waals surface area contributed by atoms with Crippen molar-refractivity contribution in [1.29, 1.82) is 0 Å². The Morgan fingerprint density at radius 2 is 1.88 bits per heavy atom. The minimum Gasteiger partial charge on any atom is -0.358 e. The van der Waals surface area contributed by atoms with Crippen LogP contribution in [0.5, 0.6) is 0 Å². The van der Waals surface area contributed by atoms with Gasteiger partial charge in [0.05, 0.1) is 0 Å². The zero-order valence-corrected chi connectivity index (χ0v) is 11.3. The molecule has 0 spiro atoms. The van der Waals surface area contributed by atoms with Crippen LogP contribution < -0.4 is 0 Å². The number of nitrogens with zero attached hydrogens (tertiary/aromatic N) is 3. The average Bonchev–Trinajstić information content (AvgIpc) is 2.30. The van der Waals surface area contributed by atoms with Crippen LogP contribution in [-0.4, -0.2) is 49.7 Å². The third-order valence-corrected chi connectivity index (χ3v) is 2.45. The van der Waals surface area contributed by atoms with Gasteiger partial charge in [-0.25, -0.2) is 4.99 Å². The molecule has 3 heteroatoms. The molecule has 0 fully saturated rings. The van der Waals surface area contributed by atoms with Crippen LogP contribution in [0.15, 0.2) is 29.0 Å². The second kappa shape index (κ2) is 9.16. The van der Waals surface area contributed by atoms with Crippen LogP contribution in [-0.2, 0) is 0 Å². The molecule has 0 atom stereocenters. The summed E-state index contributed by atoms with van der Waals surface area (Å²) in [7, 11) is 4.21. The van der Waals surface area contributed by atoms with E-state index in [1.165, 1.54) is 0 Å². The van der Waals surface area contributed by atoms with Crippen molar-refractivity contribution >= 4 is 6.21 Å². The minimum atomic E-state index is 0.991. The Morgan fingerprint density at radius 1 is 1.19 bits per heavy atom. The quantitative estimate of drug-likeness (QED) is 0.487. The topological polar surface area (TPSA) is 18.8 Å². The maximum Gasteiger partial charge on any atom is 0.127 e. The number of allylic oxidation sites excluding steroid dienone is 3. The molecule has 0 aromatic heterocycles. The van der Waals surface area contributed by atoms with Crippen molar-refractivity contribution < 1.29 is 0 Å². The van der Waals surface area contributed by atoms with Crippen LogP contribution in [0.25, 0.3) is 0 Å². The summed E-state index contributed by atoms with van der Waals surface area (Å²) in [5.74, 6) is 1.00. The predicted molar refractivity (Wildman–Crippen MR) is 72.9 cm³/mol. The predicted octanol–water partition coefficient (Wildman–Crippen LogP) is 2.38. The lowest BCUT2D eigenvalue weighted by Gasteiger charge is -2.22. The molecular weight excluding hydrogens is 198 g/mol. The minimum absolute atomic E-state index is 0.991. The molecule has 0 aliphatic heterocycles. The lowest BCUT2D eigenvalue weighted by molar-refractivity contribution is 0.295. The Labute approximate surface area is 100 Å². The van der Waals surface area contributed by atoms with Crippen molar-refractivity contribution in [2.75, 3.05) is 33.7 Å². The molecule has 0 unspecified atom stereocenters. The third kappa shape index (κ3) is 6.40. The van der Waals surface area contributed by atoms with Crippen molar-refractivity contribution in [3.05, 3.63) is 24.0 Å². The molecule has 0 radical (unpaired) electrons. The second-order valence-electron chi connectivity index (χ2n) is 3.76. The smallest absolute Gasteiger partial charge is 0.127 e. The van der Waals surface area contributed by atoms with Gasteiger partial charge in [0.1, 0.15) is 5.82 Å². The Balaban J connectivity index is 4.33. The molecule has 0 amide bonds. The Morgan fingerprint density at radius 3 is 2.38 bits per heavy atom. The van der Waals surface area contributed by atoms with Gasteiger partial charge in [0.2, 0.25) is 0 Å². The van der Waals surface area contributed by atoms with Gasteiger partial charge in [-0.05, 0) is 33.5 Å². The molecule has 0 aliphatic carbocycles. The van der Waals surface area contributed by atoms with Crippen molar-refractivity contribution in [3.8, 4) is 0 Å². The summed E-state index contributed by atoms with van der Waals surface area (Å²) >= 11 is 0. The molecule has 0 saturated carbocycles. The average molecular weight is 223 g/mol. The molecule has 3 nitrogen and oxygen atoms in total. The Bertz CT molecular complexity index is 254. The first-order chi connectivity index (χ1) is 7.65. The second-order valence-corrected chi connectivity index (χ2v) is 3.76. The molecule has 0 aromatic rings. The fraction of sp³-hybridized carbons (Fsp3) is 0.615. The number of hydrogen-bond acceptors (Lipinski definition) is 3. The zero-order chi connectivity index (χ0) is 12.4. The summed E-state index contributed by atoms with van der Waals surface area (Å²) in [4.78, 5) is 8.82. The van der Waals surface area contributed by atoms with E-state index < -0.39 is 0 Å². The Kier molecular flexibility index (Phi) is 8.53. The summed E-state index contributed by atoms with van der Waals surface area (Å²) in [5, 5.41) is 0. The molecule has 0 N–H and O–H groups in total. The highest BCUT2D eigenvalue weighted by atomic mass is 15.2. The summed E-state index contributed by atoms with van der Waals surface area (Å²) in [6, 6.07) is 0. The van der Waals surface area contributed by atoms with Crippen LogP contribution >= 0.6 is 0 Å². The van der Waals surface area contributed by atoms with E-state index in [0.717, 1.165) is 25.5 Å². The van der Waals surface area contributed by atoms with Crippen molar-refractivity contribution in [3.63, 3.8) is 0 Å². The molecule has 92 valence electrons. The SMILES string of the molecule is CC=C/C=C(\N=CC)N(C)CCN(C)CC. The zero-order valence-electron chi connectivity index (χ0n) is 11.3. The van der Waals surface area contributed by atoms with E-state index in [1.807, 2.05) is 38.3 Å². The fourth-order valence-corrected chi connectivity index (χ4v) is 1.18. The Hall–Kier alpha value is -1.09. The van der Waals surface area contributed by atoms with E-state index in [0.29, 0.717) is 0 Å².